The number of methoxy groups -OCH3 is 1. The molecule has 0 radical (unpaired) electrons. The lowest BCUT2D eigenvalue weighted by molar-refractivity contribution is 0.0853. The van der Waals surface area contributed by atoms with Crippen LogP contribution in [0.25, 0.3) is 0 Å². The third kappa shape index (κ3) is 2.82. The SMILES string of the molecule is COc1ccc(C2CCOCC2)cc1C1(CN)CCCC1. The van der Waals surface area contributed by atoms with Gasteiger partial charge in [0.05, 0.1) is 7.11 Å². The van der Waals surface area contributed by atoms with E-state index in [1.54, 1.807) is 7.11 Å². The highest BCUT2D eigenvalue weighted by Gasteiger charge is 2.37. The maximum absolute atomic E-state index is 6.18. The van der Waals surface area contributed by atoms with Gasteiger partial charge in [0, 0.05) is 30.7 Å². The fourth-order valence-electron chi connectivity index (χ4n) is 4.06. The van der Waals surface area contributed by atoms with Crippen molar-refractivity contribution in [2.75, 3.05) is 26.9 Å². The maximum Gasteiger partial charge on any atom is 0.122 e. The van der Waals surface area contributed by atoms with Gasteiger partial charge in [0.15, 0.2) is 0 Å². The Hall–Kier alpha value is -1.06. The number of benzene rings is 1. The first kappa shape index (κ1) is 14.9. The lowest BCUT2D eigenvalue weighted by atomic mass is 9.76. The van der Waals surface area contributed by atoms with Gasteiger partial charge in [-0.1, -0.05) is 25.0 Å². The minimum Gasteiger partial charge on any atom is -0.496 e. The molecule has 2 aliphatic rings. The molecule has 0 spiro atoms. The Morgan fingerprint density at radius 2 is 1.95 bits per heavy atom. The standard InChI is InChI=1S/C18H27NO2/c1-20-17-5-4-15(14-6-10-21-11-7-14)12-16(17)18(13-19)8-2-3-9-18/h4-5,12,14H,2-3,6-11,13,19H2,1H3. The molecule has 2 N–H and O–H groups in total. The van der Waals surface area contributed by atoms with E-state index in [1.165, 1.54) is 36.8 Å². The van der Waals surface area contributed by atoms with Crippen molar-refractivity contribution in [2.24, 2.45) is 5.73 Å². The zero-order chi connectivity index (χ0) is 14.7. The zero-order valence-corrected chi connectivity index (χ0v) is 13.1. The summed E-state index contributed by atoms with van der Waals surface area (Å²) < 4.78 is 11.1. The van der Waals surface area contributed by atoms with Crippen LogP contribution in [0.3, 0.4) is 0 Å². The van der Waals surface area contributed by atoms with Crippen LogP contribution in [0.5, 0.6) is 5.75 Å². The van der Waals surface area contributed by atoms with Gasteiger partial charge < -0.3 is 15.2 Å². The zero-order valence-electron chi connectivity index (χ0n) is 13.1. The van der Waals surface area contributed by atoms with E-state index in [-0.39, 0.29) is 5.41 Å². The van der Waals surface area contributed by atoms with Crippen LogP contribution in [0.2, 0.25) is 0 Å². The second-order valence-electron chi connectivity index (χ2n) is 6.54. The molecule has 1 saturated heterocycles. The minimum atomic E-state index is 0.131. The van der Waals surface area contributed by atoms with Crippen LogP contribution in [0.4, 0.5) is 0 Å². The van der Waals surface area contributed by atoms with E-state index in [2.05, 4.69) is 18.2 Å². The van der Waals surface area contributed by atoms with Crippen LogP contribution in [-0.2, 0) is 10.2 Å². The predicted molar refractivity (Wildman–Crippen MR) is 85.0 cm³/mol. The van der Waals surface area contributed by atoms with Crippen LogP contribution < -0.4 is 10.5 Å². The van der Waals surface area contributed by atoms with E-state index >= 15 is 0 Å². The Labute approximate surface area is 127 Å². The van der Waals surface area contributed by atoms with E-state index in [0.717, 1.165) is 38.3 Å². The summed E-state index contributed by atoms with van der Waals surface area (Å²) in [7, 11) is 1.77. The molecule has 1 aliphatic heterocycles. The maximum atomic E-state index is 6.18. The largest absolute Gasteiger partial charge is 0.496 e. The van der Waals surface area contributed by atoms with Gasteiger partial charge in [-0.05, 0) is 43.2 Å². The summed E-state index contributed by atoms with van der Waals surface area (Å²) >= 11 is 0. The Bertz CT molecular complexity index is 474. The first-order chi connectivity index (χ1) is 10.3. The van der Waals surface area contributed by atoms with Crippen LogP contribution in [0, 0.1) is 0 Å². The number of nitrogens with two attached hydrogens (primary N) is 1. The number of rotatable bonds is 4. The average Bonchev–Trinajstić information content (AvgIpc) is 3.05. The van der Waals surface area contributed by atoms with Gasteiger partial charge >= 0.3 is 0 Å². The Morgan fingerprint density at radius 1 is 1.24 bits per heavy atom. The smallest absolute Gasteiger partial charge is 0.122 e. The van der Waals surface area contributed by atoms with Gasteiger partial charge in [-0.15, -0.1) is 0 Å². The fraction of sp³-hybridized carbons (Fsp3) is 0.667. The molecular weight excluding hydrogens is 262 g/mol. The van der Waals surface area contributed by atoms with Crippen LogP contribution >= 0.6 is 0 Å². The Balaban J connectivity index is 1.96. The molecule has 1 aromatic carbocycles. The molecular formula is C18H27NO2. The third-order valence-electron chi connectivity index (χ3n) is 5.44. The number of hydrogen-bond acceptors (Lipinski definition) is 3. The molecule has 116 valence electrons. The summed E-state index contributed by atoms with van der Waals surface area (Å²) in [5.41, 5.74) is 9.09. The fourth-order valence-corrected chi connectivity index (χ4v) is 4.06. The molecule has 0 atom stereocenters. The van der Waals surface area contributed by atoms with Gasteiger partial charge in [0.2, 0.25) is 0 Å². The molecule has 1 aromatic rings. The minimum absolute atomic E-state index is 0.131. The molecule has 1 saturated carbocycles. The molecule has 2 fully saturated rings. The summed E-state index contributed by atoms with van der Waals surface area (Å²) in [4.78, 5) is 0. The van der Waals surface area contributed by atoms with Gasteiger partial charge in [-0.25, -0.2) is 0 Å². The van der Waals surface area contributed by atoms with Gasteiger partial charge in [0.25, 0.3) is 0 Å². The molecule has 21 heavy (non-hydrogen) atoms. The van der Waals surface area contributed by atoms with Crippen LogP contribution in [0.1, 0.15) is 55.6 Å². The molecule has 3 nitrogen and oxygen atoms in total. The molecule has 1 aliphatic carbocycles. The van der Waals surface area contributed by atoms with E-state index in [1.807, 2.05) is 0 Å². The van der Waals surface area contributed by atoms with Crippen molar-refractivity contribution in [1.29, 1.82) is 0 Å². The lowest BCUT2D eigenvalue weighted by Gasteiger charge is -2.31. The first-order valence-corrected chi connectivity index (χ1v) is 8.25. The predicted octanol–water partition coefficient (Wildman–Crippen LogP) is 3.36. The van der Waals surface area contributed by atoms with Crippen molar-refractivity contribution < 1.29 is 9.47 Å². The van der Waals surface area contributed by atoms with Gasteiger partial charge in [0.1, 0.15) is 5.75 Å². The van der Waals surface area contributed by atoms with E-state index in [9.17, 15) is 0 Å². The van der Waals surface area contributed by atoms with Crippen molar-refractivity contribution in [3.8, 4) is 5.75 Å². The second kappa shape index (κ2) is 6.37. The van der Waals surface area contributed by atoms with Crippen molar-refractivity contribution in [3.63, 3.8) is 0 Å². The molecule has 0 bridgehead atoms. The van der Waals surface area contributed by atoms with E-state index in [0.29, 0.717) is 5.92 Å². The molecule has 3 heteroatoms. The molecule has 0 aromatic heterocycles. The van der Waals surface area contributed by atoms with E-state index < -0.39 is 0 Å². The number of hydrogen-bond donors (Lipinski definition) is 1. The molecule has 3 rings (SSSR count). The quantitative estimate of drug-likeness (QED) is 0.924. The molecule has 0 unspecified atom stereocenters. The first-order valence-electron chi connectivity index (χ1n) is 8.25. The van der Waals surface area contributed by atoms with Gasteiger partial charge in [-0.2, -0.15) is 0 Å². The molecule has 1 heterocycles. The monoisotopic (exact) mass is 289 g/mol. The highest BCUT2D eigenvalue weighted by atomic mass is 16.5. The molecule has 0 amide bonds. The second-order valence-corrected chi connectivity index (χ2v) is 6.54. The highest BCUT2D eigenvalue weighted by Crippen LogP contribution is 2.45. The summed E-state index contributed by atoms with van der Waals surface area (Å²) in [6.07, 6.45) is 7.20. The summed E-state index contributed by atoms with van der Waals surface area (Å²) in [6, 6.07) is 6.76. The van der Waals surface area contributed by atoms with Gasteiger partial charge in [-0.3, -0.25) is 0 Å². The van der Waals surface area contributed by atoms with Crippen molar-refractivity contribution >= 4 is 0 Å². The Morgan fingerprint density at radius 3 is 2.57 bits per heavy atom. The Kier molecular flexibility index (Phi) is 4.51. The van der Waals surface area contributed by atoms with Crippen LogP contribution in [-0.4, -0.2) is 26.9 Å². The topological polar surface area (TPSA) is 44.5 Å². The average molecular weight is 289 g/mol. The third-order valence-corrected chi connectivity index (χ3v) is 5.44. The van der Waals surface area contributed by atoms with E-state index in [4.69, 9.17) is 15.2 Å². The number of ether oxygens (including phenoxy) is 2. The van der Waals surface area contributed by atoms with Crippen LogP contribution in [0.15, 0.2) is 18.2 Å². The summed E-state index contributed by atoms with van der Waals surface area (Å²) in [5, 5.41) is 0. The lowest BCUT2D eigenvalue weighted by Crippen LogP contribution is -2.32. The summed E-state index contributed by atoms with van der Waals surface area (Å²) in [6.45, 7) is 2.49. The van der Waals surface area contributed by atoms with Crippen molar-refractivity contribution in [3.05, 3.63) is 29.3 Å². The highest BCUT2D eigenvalue weighted by molar-refractivity contribution is 5.44. The van der Waals surface area contributed by atoms with Crippen molar-refractivity contribution in [1.82, 2.24) is 0 Å². The normalized spacial score (nSPS) is 22.4. The summed E-state index contributed by atoms with van der Waals surface area (Å²) in [5.74, 6) is 1.64. The van der Waals surface area contributed by atoms with Crippen molar-refractivity contribution in [2.45, 2.75) is 49.9 Å².